The number of likely N-dealkylation sites (tertiary alicyclic amines) is 1. The van der Waals surface area contributed by atoms with Crippen molar-refractivity contribution in [1.82, 2.24) is 19.8 Å². The molecule has 1 saturated heterocycles. The van der Waals surface area contributed by atoms with E-state index in [1.165, 1.54) is 37.9 Å². The number of rotatable bonds is 6. The second-order valence-corrected chi connectivity index (χ2v) is 8.49. The standard InChI is InChI=1S/C21H35N5O/c1-15(2)13-26-11-6-5-7-18(26)8-10-22-21-19-9-12-25(17(4)27)14-20(19)23-16(3)24-21/h15,18H,5-14H2,1-4H3,(H,22,23,24)/t18-/m0/s1. The van der Waals surface area contributed by atoms with Crippen LogP contribution in [0.5, 0.6) is 0 Å². The van der Waals surface area contributed by atoms with Crippen molar-refractivity contribution in [3.05, 3.63) is 17.1 Å². The number of nitrogens with one attached hydrogen (secondary N) is 1. The molecule has 1 atom stereocenters. The number of hydrogen-bond acceptors (Lipinski definition) is 5. The minimum absolute atomic E-state index is 0.119. The van der Waals surface area contributed by atoms with Crippen molar-refractivity contribution >= 4 is 11.7 Å². The number of aryl methyl sites for hydroxylation is 1. The van der Waals surface area contributed by atoms with E-state index in [-0.39, 0.29) is 5.91 Å². The Hall–Kier alpha value is -1.69. The number of carbonyl (C=O) groups excluding carboxylic acids is 1. The van der Waals surface area contributed by atoms with Crippen LogP contribution in [0.15, 0.2) is 0 Å². The van der Waals surface area contributed by atoms with Crippen LogP contribution in [0.1, 0.15) is 63.5 Å². The summed E-state index contributed by atoms with van der Waals surface area (Å²) in [6, 6.07) is 0.681. The molecule has 0 aliphatic carbocycles. The Labute approximate surface area is 163 Å². The highest BCUT2D eigenvalue weighted by Crippen LogP contribution is 2.25. The average Bonchev–Trinajstić information content (AvgIpc) is 2.62. The number of carbonyl (C=O) groups is 1. The highest BCUT2D eigenvalue weighted by molar-refractivity contribution is 5.73. The van der Waals surface area contributed by atoms with Crippen LogP contribution in [-0.2, 0) is 17.8 Å². The van der Waals surface area contributed by atoms with Crippen molar-refractivity contribution in [2.75, 3.05) is 31.5 Å². The smallest absolute Gasteiger partial charge is 0.219 e. The molecule has 0 saturated carbocycles. The van der Waals surface area contributed by atoms with Crippen molar-refractivity contribution < 1.29 is 4.79 Å². The molecule has 0 radical (unpaired) electrons. The van der Waals surface area contributed by atoms with Gasteiger partial charge in [-0.05, 0) is 45.1 Å². The molecular weight excluding hydrogens is 338 g/mol. The van der Waals surface area contributed by atoms with Gasteiger partial charge in [0, 0.05) is 38.2 Å². The zero-order valence-electron chi connectivity index (χ0n) is 17.4. The summed E-state index contributed by atoms with van der Waals surface area (Å²) in [7, 11) is 0. The first kappa shape index (κ1) is 20.1. The molecule has 2 aliphatic heterocycles. The van der Waals surface area contributed by atoms with Crippen LogP contribution >= 0.6 is 0 Å². The minimum atomic E-state index is 0.119. The third kappa shape index (κ3) is 5.18. The molecular formula is C21H35N5O. The topological polar surface area (TPSA) is 61.4 Å². The monoisotopic (exact) mass is 373 g/mol. The van der Waals surface area contributed by atoms with E-state index in [4.69, 9.17) is 0 Å². The zero-order valence-corrected chi connectivity index (χ0v) is 17.4. The van der Waals surface area contributed by atoms with Crippen molar-refractivity contribution in [2.24, 2.45) is 5.92 Å². The minimum Gasteiger partial charge on any atom is -0.370 e. The van der Waals surface area contributed by atoms with Crippen LogP contribution in [0.2, 0.25) is 0 Å². The summed E-state index contributed by atoms with van der Waals surface area (Å²) in [5.41, 5.74) is 2.20. The van der Waals surface area contributed by atoms with Gasteiger partial charge in [-0.25, -0.2) is 9.97 Å². The molecule has 1 aromatic heterocycles. The molecule has 0 spiro atoms. The van der Waals surface area contributed by atoms with E-state index in [9.17, 15) is 4.79 Å². The van der Waals surface area contributed by atoms with Gasteiger partial charge in [-0.2, -0.15) is 0 Å². The molecule has 1 amide bonds. The zero-order chi connectivity index (χ0) is 19.4. The number of nitrogens with zero attached hydrogens (tertiary/aromatic N) is 4. The Balaban J connectivity index is 1.62. The summed E-state index contributed by atoms with van der Waals surface area (Å²) >= 11 is 0. The lowest BCUT2D eigenvalue weighted by molar-refractivity contribution is -0.129. The van der Waals surface area contributed by atoms with E-state index in [2.05, 4.69) is 34.0 Å². The maximum Gasteiger partial charge on any atom is 0.219 e. The van der Waals surface area contributed by atoms with Crippen LogP contribution in [0.3, 0.4) is 0 Å². The summed E-state index contributed by atoms with van der Waals surface area (Å²) in [5.74, 6) is 2.60. The average molecular weight is 374 g/mol. The number of anilines is 1. The first-order valence-corrected chi connectivity index (χ1v) is 10.5. The quantitative estimate of drug-likeness (QED) is 0.831. The number of aromatic nitrogens is 2. The van der Waals surface area contributed by atoms with Gasteiger partial charge < -0.3 is 15.1 Å². The van der Waals surface area contributed by atoms with Crippen LogP contribution in [0.25, 0.3) is 0 Å². The van der Waals surface area contributed by atoms with Crippen molar-refractivity contribution in [2.45, 2.75) is 72.4 Å². The number of hydrogen-bond donors (Lipinski definition) is 1. The van der Waals surface area contributed by atoms with Gasteiger partial charge in [-0.15, -0.1) is 0 Å². The van der Waals surface area contributed by atoms with Gasteiger partial charge in [-0.3, -0.25) is 4.79 Å². The van der Waals surface area contributed by atoms with Crippen molar-refractivity contribution in [3.63, 3.8) is 0 Å². The highest BCUT2D eigenvalue weighted by Gasteiger charge is 2.25. The van der Waals surface area contributed by atoms with E-state index < -0.39 is 0 Å². The normalized spacial score (nSPS) is 20.6. The molecule has 6 heteroatoms. The number of fused-ring (bicyclic) bond motifs is 1. The van der Waals surface area contributed by atoms with Gasteiger partial charge in [0.25, 0.3) is 0 Å². The predicted octanol–water partition coefficient (Wildman–Crippen LogP) is 3.00. The summed E-state index contributed by atoms with van der Waals surface area (Å²) in [6.45, 7) is 12.9. The molecule has 0 unspecified atom stereocenters. The van der Waals surface area contributed by atoms with Gasteiger partial charge in [0.15, 0.2) is 0 Å². The van der Waals surface area contributed by atoms with Gasteiger partial charge in [0.05, 0.1) is 12.2 Å². The fourth-order valence-electron chi connectivity index (χ4n) is 4.42. The summed E-state index contributed by atoms with van der Waals surface area (Å²) < 4.78 is 0. The number of amides is 1. The molecule has 3 rings (SSSR count). The number of piperidine rings is 1. The fourth-order valence-corrected chi connectivity index (χ4v) is 4.42. The van der Waals surface area contributed by atoms with Crippen LogP contribution in [-0.4, -0.2) is 57.9 Å². The lowest BCUT2D eigenvalue weighted by atomic mass is 9.98. The fraction of sp³-hybridized carbons (Fsp3) is 0.762. The van der Waals surface area contributed by atoms with E-state index in [0.717, 1.165) is 49.2 Å². The molecule has 2 aliphatic rings. The first-order valence-electron chi connectivity index (χ1n) is 10.5. The molecule has 0 bridgehead atoms. The Morgan fingerprint density at radius 1 is 1.26 bits per heavy atom. The largest absolute Gasteiger partial charge is 0.370 e. The Bertz CT molecular complexity index is 660. The molecule has 1 aromatic rings. The SMILES string of the molecule is CC(=O)N1CCc2c(nc(C)nc2NCC[C@@H]2CCCCN2CC(C)C)C1. The van der Waals surface area contributed by atoms with Gasteiger partial charge >= 0.3 is 0 Å². The highest BCUT2D eigenvalue weighted by atomic mass is 16.2. The van der Waals surface area contributed by atoms with Crippen molar-refractivity contribution in [1.29, 1.82) is 0 Å². The van der Waals surface area contributed by atoms with Crippen LogP contribution < -0.4 is 5.32 Å². The maximum absolute atomic E-state index is 11.7. The Morgan fingerprint density at radius 2 is 2.07 bits per heavy atom. The van der Waals surface area contributed by atoms with Crippen molar-refractivity contribution in [3.8, 4) is 0 Å². The predicted molar refractivity (Wildman–Crippen MR) is 109 cm³/mol. The lowest BCUT2D eigenvalue weighted by Crippen LogP contribution is -2.42. The van der Waals surface area contributed by atoms with Crippen LogP contribution in [0, 0.1) is 12.8 Å². The van der Waals surface area contributed by atoms with E-state index in [1.807, 2.05) is 11.8 Å². The summed E-state index contributed by atoms with van der Waals surface area (Å²) in [5, 5.41) is 3.60. The van der Waals surface area contributed by atoms with Crippen LogP contribution in [0.4, 0.5) is 5.82 Å². The van der Waals surface area contributed by atoms with E-state index in [1.54, 1.807) is 6.92 Å². The Kier molecular flexibility index (Phi) is 6.68. The molecule has 6 nitrogen and oxygen atoms in total. The van der Waals surface area contributed by atoms with Gasteiger partial charge in [0.1, 0.15) is 11.6 Å². The third-order valence-electron chi connectivity index (χ3n) is 5.74. The maximum atomic E-state index is 11.7. The second-order valence-electron chi connectivity index (χ2n) is 8.49. The van der Waals surface area contributed by atoms with E-state index >= 15 is 0 Å². The van der Waals surface area contributed by atoms with Gasteiger partial charge in [0.2, 0.25) is 5.91 Å². The summed E-state index contributed by atoms with van der Waals surface area (Å²) in [6.07, 6.45) is 5.98. The Morgan fingerprint density at radius 3 is 2.81 bits per heavy atom. The van der Waals surface area contributed by atoms with E-state index in [0.29, 0.717) is 12.6 Å². The lowest BCUT2D eigenvalue weighted by Gasteiger charge is -2.37. The first-order chi connectivity index (χ1) is 12.9. The molecule has 27 heavy (non-hydrogen) atoms. The molecule has 1 fully saturated rings. The molecule has 3 heterocycles. The molecule has 0 aromatic carbocycles. The van der Waals surface area contributed by atoms with Gasteiger partial charge in [-0.1, -0.05) is 20.3 Å². The second kappa shape index (κ2) is 9.00. The third-order valence-corrected chi connectivity index (χ3v) is 5.74. The summed E-state index contributed by atoms with van der Waals surface area (Å²) in [4.78, 5) is 25.5. The molecule has 1 N–H and O–H groups in total. The molecule has 150 valence electrons.